The fourth-order valence-electron chi connectivity index (χ4n) is 4.17. The van der Waals surface area contributed by atoms with Crippen molar-refractivity contribution in [3.63, 3.8) is 0 Å². The molecule has 5 rings (SSSR count). The summed E-state index contributed by atoms with van der Waals surface area (Å²) in [4.78, 5) is 19.3. The second-order valence-corrected chi connectivity index (χ2v) is 8.62. The van der Waals surface area contributed by atoms with Crippen LogP contribution in [0.4, 0.5) is 28.1 Å². The number of carbonyl (C=O) groups is 1. The van der Waals surface area contributed by atoms with E-state index in [1.165, 1.54) is 11.1 Å². The number of carbonyl (C=O) groups excluding carboxylic acids is 1. The van der Waals surface area contributed by atoms with Gasteiger partial charge in [0.05, 0.1) is 13.2 Å². The minimum absolute atomic E-state index is 0.00370. The molecule has 1 amide bonds. The number of morpholine rings is 1. The van der Waals surface area contributed by atoms with Crippen molar-refractivity contribution in [2.75, 3.05) is 55.8 Å². The van der Waals surface area contributed by atoms with Gasteiger partial charge in [-0.25, -0.2) is 4.79 Å². The van der Waals surface area contributed by atoms with Gasteiger partial charge in [0.2, 0.25) is 11.9 Å². The first-order chi connectivity index (χ1) is 17.1. The molecular formula is C25H30N8O2. The summed E-state index contributed by atoms with van der Waals surface area (Å²) < 4.78 is 6.45. The Morgan fingerprint density at radius 1 is 1.06 bits per heavy atom. The van der Waals surface area contributed by atoms with E-state index in [2.05, 4.69) is 49.1 Å². The predicted octanol–water partition coefficient (Wildman–Crippen LogP) is 2.89. The summed E-state index contributed by atoms with van der Waals surface area (Å²) in [5.74, 6) is 0.259. The third-order valence-corrected chi connectivity index (χ3v) is 6.08. The zero-order chi connectivity index (χ0) is 24.0. The van der Waals surface area contributed by atoms with Crippen LogP contribution in [0.15, 0.2) is 54.6 Å². The maximum Gasteiger partial charge on any atom is 0.349 e. The lowest BCUT2D eigenvalue weighted by Gasteiger charge is -2.26. The molecule has 1 saturated heterocycles. The van der Waals surface area contributed by atoms with E-state index in [0.29, 0.717) is 5.69 Å². The number of amides is 1. The number of hydrogen-bond acceptors (Lipinski definition) is 8. The van der Waals surface area contributed by atoms with Crippen LogP contribution in [0.3, 0.4) is 0 Å². The Kier molecular flexibility index (Phi) is 7.03. The number of nitrogens with zero attached hydrogens (tertiary/aromatic N) is 4. The van der Waals surface area contributed by atoms with E-state index in [9.17, 15) is 4.79 Å². The lowest BCUT2D eigenvalue weighted by atomic mass is 10.0. The van der Waals surface area contributed by atoms with Crippen LogP contribution in [-0.4, -0.2) is 65.1 Å². The molecule has 0 atom stereocenters. The van der Waals surface area contributed by atoms with E-state index >= 15 is 0 Å². The average molecular weight is 475 g/mol. The third-order valence-electron chi connectivity index (χ3n) is 6.08. The Bertz CT molecular complexity index is 1180. The smallest absolute Gasteiger partial charge is 0.349 e. The van der Waals surface area contributed by atoms with Gasteiger partial charge in [0.25, 0.3) is 0 Å². The monoisotopic (exact) mass is 474 g/mol. The SMILES string of the molecule is Nc1nc(Nc2ccc(CN3CCOCC3)cc2)nn1C(=O)Nc1ccc(C2=CCCNC2)cc1. The molecule has 3 aromatic rings. The summed E-state index contributed by atoms with van der Waals surface area (Å²) >= 11 is 0. The van der Waals surface area contributed by atoms with Gasteiger partial charge in [-0.2, -0.15) is 4.98 Å². The van der Waals surface area contributed by atoms with Crippen molar-refractivity contribution in [1.29, 1.82) is 0 Å². The van der Waals surface area contributed by atoms with Gasteiger partial charge in [0.15, 0.2) is 0 Å². The van der Waals surface area contributed by atoms with Crippen molar-refractivity contribution in [3.8, 4) is 0 Å². The van der Waals surface area contributed by atoms with Crippen LogP contribution >= 0.6 is 0 Å². The minimum atomic E-state index is -0.477. The zero-order valence-corrected chi connectivity index (χ0v) is 19.5. The molecule has 0 aliphatic carbocycles. The molecule has 2 aliphatic heterocycles. The second kappa shape index (κ2) is 10.7. The molecule has 10 nitrogen and oxygen atoms in total. The summed E-state index contributed by atoms with van der Waals surface area (Å²) in [6.07, 6.45) is 3.26. The number of rotatable bonds is 6. The molecule has 2 aromatic carbocycles. The number of benzene rings is 2. The lowest BCUT2D eigenvalue weighted by Crippen LogP contribution is -2.35. The highest BCUT2D eigenvalue weighted by Crippen LogP contribution is 2.20. The molecule has 35 heavy (non-hydrogen) atoms. The van der Waals surface area contributed by atoms with Gasteiger partial charge in [-0.1, -0.05) is 30.3 Å². The van der Waals surface area contributed by atoms with Crippen molar-refractivity contribution in [3.05, 3.63) is 65.7 Å². The number of nitrogens with one attached hydrogen (secondary N) is 3. The lowest BCUT2D eigenvalue weighted by molar-refractivity contribution is 0.0342. The molecule has 3 heterocycles. The highest BCUT2D eigenvalue weighted by atomic mass is 16.5. The van der Waals surface area contributed by atoms with Gasteiger partial charge in [-0.05, 0) is 53.9 Å². The van der Waals surface area contributed by atoms with Gasteiger partial charge in [0.1, 0.15) is 0 Å². The molecule has 0 bridgehead atoms. The van der Waals surface area contributed by atoms with Gasteiger partial charge >= 0.3 is 6.03 Å². The Labute approximate surface area is 204 Å². The minimum Gasteiger partial charge on any atom is -0.379 e. The summed E-state index contributed by atoms with van der Waals surface area (Å²) in [6.45, 7) is 6.21. The number of aromatic nitrogens is 3. The number of ether oxygens (including phenoxy) is 1. The molecule has 0 saturated carbocycles. The molecule has 10 heteroatoms. The predicted molar refractivity (Wildman–Crippen MR) is 137 cm³/mol. The standard InChI is InChI=1S/C25H30N8O2/c26-23-30-24(28-21-7-3-18(4-8-21)17-32-12-14-35-15-13-32)31-33(23)25(34)29-22-9-5-19(6-10-22)20-2-1-11-27-16-20/h2-10,27H,1,11-17H2,(H,29,34)(H3,26,28,30,31). The molecule has 0 spiro atoms. The highest BCUT2D eigenvalue weighted by Gasteiger charge is 2.15. The fourth-order valence-corrected chi connectivity index (χ4v) is 4.17. The fraction of sp³-hybridized carbons (Fsp3) is 0.320. The van der Waals surface area contributed by atoms with Crippen LogP contribution in [0.1, 0.15) is 17.5 Å². The van der Waals surface area contributed by atoms with E-state index in [1.807, 2.05) is 36.4 Å². The summed E-state index contributed by atoms with van der Waals surface area (Å²) in [5, 5.41) is 13.5. The molecule has 2 aliphatic rings. The summed E-state index contributed by atoms with van der Waals surface area (Å²) in [6, 6.07) is 15.3. The second-order valence-electron chi connectivity index (χ2n) is 8.62. The molecule has 0 radical (unpaired) electrons. The zero-order valence-electron chi connectivity index (χ0n) is 19.5. The van der Waals surface area contributed by atoms with E-state index in [4.69, 9.17) is 10.5 Å². The Hall–Kier alpha value is -3.73. The number of nitrogens with two attached hydrogens (primary N) is 1. The van der Waals surface area contributed by atoms with Crippen LogP contribution in [0.25, 0.3) is 5.57 Å². The average Bonchev–Trinajstić information content (AvgIpc) is 3.27. The van der Waals surface area contributed by atoms with Gasteiger partial charge < -0.3 is 26.4 Å². The van der Waals surface area contributed by atoms with Gasteiger partial charge in [0, 0.05) is 37.6 Å². The van der Waals surface area contributed by atoms with Crippen LogP contribution < -0.4 is 21.7 Å². The van der Waals surface area contributed by atoms with Gasteiger partial charge in [-0.3, -0.25) is 4.90 Å². The first kappa shape index (κ1) is 23.0. The van der Waals surface area contributed by atoms with E-state index in [0.717, 1.165) is 68.3 Å². The Balaban J connectivity index is 1.18. The quantitative estimate of drug-likeness (QED) is 0.430. The first-order valence-corrected chi connectivity index (χ1v) is 11.8. The van der Waals surface area contributed by atoms with Crippen LogP contribution in [-0.2, 0) is 11.3 Å². The normalized spacial score (nSPS) is 16.5. The van der Waals surface area contributed by atoms with E-state index in [1.54, 1.807) is 0 Å². The van der Waals surface area contributed by atoms with Crippen LogP contribution in [0, 0.1) is 0 Å². The Morgan fingerprint density at radius 2 is 1.80 bits per heavy atom. The maximum absolute atomic E-state index is 12.7. The largest absolute Gasteiger partial charge is 0.379 e. The maximum atomic E-state index is 12.7. The van der Waals surface area contributed by atoms with Crippen molar-refractivity contribution in [1.82, 2.24) is 25.0 Å². The highest BCUT2D eigenvalue weighted by molar-refractivity contribution is 5.92. The number of anilines is 4. The van der Waals surface area contributed by atoms with Crippen molar-refractivity contribution in [2.24, 2.45) is 0 Å². The Morgan fingerprint density at radius 3 is 2.51 bits per heavy atom. The molecule has 0 unspecified atom stereocenters. The van der Waals surface area contributed by atoms with E-state index in [-0.39, 0.29) is 11.9 Å². The third kappa shape index (κ3) is 5.86. The molecule has 182 valence electrons. The molecule has 1 fully saturated rings. The molecule has 1 aromatic heterocycles. The van der Waals surface area contributed by atoms with E-state index < -0.39 is 6.03 Å². The molecule has 5 N–H and O–H groups in total. The number of nitrogen functional groups attached to an aromatic ring is 1. The van der Waals surface area contributed by atoms with Crippen molar-refractivity contribution < 1.29 is 9.53 Å². The van der Waals surface area contributed by atoms with Crippen LogP contribution in [0.2, 0.25) is 0 Å². The van der Waals surface area contributed by atoms with Crippen molar-refractivity contribution in [2.45, 2.75) is 13.0 Å². The van der Waals surface area contributed by atoms with Crippen molar-refractivity contribution >= 4 is 34.9 Å². The van der Waals surface area contributed by atoms with Gasteiger partial charge in [-0.15, -0.1) is 9.78 Å². The topological polar surface area (TPSA) is 122 Å². The molecular weight excluding hydrogens is 444 g/mol. The summed E-state index contributed by atoms with van der Waals surface area (Å²) in [5.41, 5.74) is 11.0. The number of hydrogen-bond donors (Lipinski definition) is 4. The summed E-state index contributed by atoms with van der Waals surface area (Å²) in [7, 11) is 0. The first-order valence-electron chi connectivity index (χ1n) is 11.8. The van der Waals surface area contributed by atoms with Crippen LogP contribution in [0.5, 0.6) is 0 Å².